The third-order valence-corrected chi connectivity index (χ3v) is 5.52. The van der Waals surface area contributed by atoms with Crippen LogP contribution in [0.15, 0.2) is 18.2 Å². The van der Waals surface area contributed by atoms with Gasteiger partial charge in [-0.15, -0.1) is 0 Å². The average Bonchev–Trinajstić information content (AvgIpc) is 2.92. The fourth-order valence-corrected chi connectivity index (χ4v) is 3.96. The lowest BCUT2D eigenvalue weighted by molar-refractivity contribution is -0.136. The van der Waals surface area contributed by atoms with Crippen molar-refractivity contribution < 1.29 is 24.3 Å². The summed E-state index contributed by atoms with van der Waals surface area (Å²) in [5, 5.41) is 18.6. The molecule has 9 nitrogen and oxygen atoms in total. The number of hydrogen-bond acceptors (Lipinski definition) is 7. The molecule has 0 saturated carbocycles. The maximum atomic E-state index is 12.8. The molecule has 0 bridgehead atoms. The molecular weight excluding hydrogens is 364 g/mol. The van der Waals surface area contributed by atoms with Gasteiger partial charge in [-0.1, -0.05) is 6.07 Å². The first-order valence-electron chi connectivity index (χ1n) is 9.42. The molecule has 3 heterocycles. The van der Waals surface area contributed by atoms with E-state index in [1.54, 1.807) is 18.2 Å². The highest BCUT2D eigenvalue weighted by molar-refractivity contribution is 6.23. The van der Waals surface area contributed by atoms with E-state index in [0.717, 1.165) is 23.4 Å². The molecule has 0 radical (unpaired) electrons. The molecule has 2 fully saturated rings. The van der Waals surface area contributed by atoms with Gasteiger partial charge < -0.3 is 15.7 Å². The Morgan fingerprint density at radius 2 is 1.89 bits per heavy atom. The Kier molecular flexibility index (Phi) is 4.96. The number of fused-ring (bicyclic) bond motifs is 1. The van der Waals surface area contributed by atoms with Gasteiger partial charge >= 0.3 is 0 Å². The van der Waals surface area contributed by atoms with Crippen molar-refractivity contribution in [2.24, 2.45) is 0 Å². The van der Waals surface area contributed by atoms with E-state index in [-0.39, 0.29) is 30.0 Å². The first-order valence-corrected chi connectivity index (χ1v) is 9.42. The van der Waals surface area contributed by atoms with Gasteiger partial charge in [0.15, 0.2) is 0 Å². The molecule has 0 aromatic heterocycles. The van der Waals surface area contributed by atoms with E-state index in [9.17, 15) is 24.3 Å². The maximum absolute atomic E-state index is 12.8. The van der Waals surface area contributed by atoms with E-state index in [0.29, 0.717) is 13.1 Å². The summed E-state index contributed by atoms with van der Waals surface area (Å²) in [5.74, 6) is -2.04. The fourth-order valence-electron chi connectivity index (χ4n) is 3.96. The van der Waals surface area contributed by atoms with E-state index in [1.807, 2.05) is 0 Å². The van der Waals surface area contributed by atoms with Crippen LogP contribution in [-0.2, 0) is 16.1 Å². The molecule has 28 heavy (non-hydrogen) atoms. The van der Waals surface area contributed by atoms with Gasteiger partial charge in [0, 0.05) is 25.6 Å². The first kappa shape index (κ1) is 18.7. The summed E-state index contributed by atoms with van der Waals surface area (Å²) in [5.41, 5.74) is 1.34. The summed E-state index contributed by atoms with van der Waals surface area (Å²) < 4.78 is 0. The third-order valence-electron chi connectivity index (χ3n) is 5.52. The van der Waals surface area contributed by atoms with Crippen LogP contribution in [0.2, 0.25) is 0 Å². The van der Waals surface area contributed by atoms with Gasteiger partial charge in [-0.3, -0.25) is 29.4 Å². The average molecular weight is 386 g/mol. The molecule has 4 amide bonds. The monoisotopic (exact) mass is 386 g/mol. The number of benzene rings is 1. The molecule has 3 atom stereocenters. The SMILES string of the molecule is O=C1CCC(N2C(=O)c3ccc(CN[C@H]4CCNC[C@@H]4O)cc3C2=O)C(=O)N1. The quantitative estimate of drug-likeness (QED) is 0.484. The van der Waals surface area contributed by atoms with Crippen LogP contribution in [0.4, 0.5) is 0 Å². The second-order valence-electron chi connectivity index (χ2n) is 7.37. The van der Waals surface area contributed by atoms with Crippen LogP contribution in [0, 0.1) is 0 Å². The van der Waals surface area contributed by atoms with Crippen LogP contribution in [0.25, 0.3) is 0 Å². The van der Waals surface area contributed by atoms with Crippen molar-refractivity contribution in [3.05, 3.63) is 34.9 Å². The Labute approximate surface area is 161 Å². The summed E-state index contributed by atoms with van der Waals surface area (Å²) in [6.45, 7) is 1.82. The van der Waals surface area contributed by atoms with E-state index < -0.39 is 35.8 Å². The topological polar surface area (TPSA) is 128 Å². The number of nitrogens with zero attached hydrogens (tertiary/aromatic N) is 1. The van der Waals surface area contributed by atoms with Crippen molar-refractivity contribution in [2.75, 3.05) is 13.1 Å². The largest absolute Gasteiger partial charge is 0.390 e. The first-order chi connectivity index (χ1) is 13.5. The number of carbonyl (C=O) groups is 4. The number of amides is 4. The van der Waals surface area contributed by atoms with Crippen LogP contribution in [0.5, 0.6) is 0 Å². The Balaban J connectivity index is 1.49. The van der Waals surface area contributed by atoms with E-state index in [1.165, 1.54) is 0 Å². The minimum atomic E-state index is -0.962. The normalized spacial score (nSPS) is 27.8. The van der Waals surface area contributed by atoms with Gasteiger partial charge in [-0.2, -0.15) is 0 Å². The van der Waals surface area contributed by atoms with Crippen molar-refractivity contribution in [1.29, 1.82) is 0 Å². The summed E-state index contributed by atoms with van der Waals surface area (Å²) in [6, 6.07) is 4.01. The standard InChI is InChI=1S/C19H22N4O5/c24-15-9-20-6-5-13(15)21-8-10-1-2-11-12(7-10)19(28)23(18(11)27)14-3-4-16(25)22-17(14)26/h1-2,7,13-15,20-21,24H,3-6,8-9H2,(H,22,25,26)/t13-,14?,15-/m0/s1. The van der Waals surface area contributed by atoms with Crippen LogP contribution in [0.3, 0.4) is 0 Å². The Bertz CT molecular complexity index is 855. The second-order valence-corrected chi connectivity index (χ2v) is 7.37. The number of aliphatic hydroxyl groups excluding tert-OH is 1. The summed E-state index contributed by atoms with van der Waals surface area (Å²) in [6.07, 6.45) is 0.553. The van der Waals surface area contributed by atoms with E-state index in [2.05, 4.69) is 16.0 Å². The fraction of sp³-hybridized carbons (Fsp3) is 0.474. The number of carbonyl (C=O) groups excluding carboxylic acids is 4. The molecule has 1 aromatic rings. The molecule has 148 valence electrons. The second kappa shape index (κ2) is 7.42. The molecular formula is C19H22N4O5. The van der Waals surface area contributed by atoms with Crippen molar-refractivity contribution in [2.45, 2.75) is 44.0 Å². The Morgan fingerprint density at radius 1 is 1.11 bits per heavy atom. The summed E-state index contributed by atoms with van der Waals surface area (Å²) in [7, 11) is 0. The van der Waals surface area contributed by atoms with Crippen molar-refractivity contribution in [3.63, 3.8) is 0 Å². The maximum Gasteiger partial charge on any atom is 0.262 e. The Hall–Kier alpha value is -2.62. The van der Waals surface area contributed by atoms with Crippen molar-refractivity contribution in [3.8, 4) is 0 Å². The molecule has 1 aromatic carbocycles. The van der Waals surface area contributed by atoms with Gasteiger partial charge in [0.05, 0.1) is 17.2 Å². The number of imide groups is 2. The van der Waals surface area contributed by atoms with Gasteiger partial charge in [0.25, 0.3) is 11.8 Å². The smallest absolute Gasteiger partial charge is 0.262 e. The van der Waals surface area contributed by atoms with Crippen LogP contribution < -0.4 is 16.0 Å². The van der Waals surface area contributed by atoms with Gasteiger partial charge in [0.2, 0.25) is 11.8 Å². The molecule has 9 heteroatoms. The van der Waals surface area contributed by atoms with Crippen LogP contribution in [-0.4, -0.2) is 64.9 Å². The molecule has 4 rings (SSSR count). The number of rotatable bonds is 4. The molecule has 4 N–H and O–H groups in total. The van der Waals surface area contributed by atoms with Crippen LogP contribution >= 0.6 is 0 Å². The highest BCUT2D eigenvalue weighted by Gasteiger charge is 2.44. The predicted octanol–water partition coefficient (Wildman–Crippen LogP) is -1.10. The highest BCUT2D eigenvalue weighted by Crippen LogP contribution is 2.28. The minimum Gasteiger partial charge on any atom is -0.390 e. The van der Waals surface area contributed by atoms with E-state index >= 15 is 0 Å². The van der Waals surface area contributed by atoms with E-state index in [4.69, 9.17) is 0 Å². The summed E-state index contributed by atoms with van der Waals surface area (Å²) in [4.78, 5) is 49.9. The zero-order valence-corrected chi connectivity index (χ0v) is 15.2. The number of β-amino-alcohol motifs (C(OH)–C–C–N with tert-alkyl or cyclic N) is 1. The molecule has 0 spiro atoms. The Morgan fingerprint density at radius 3 is 2.64 bits per heavy atom. The van der Waals surface area contributed by atoms with Crippen molar-refractivity contribution in [1.82, 2.24) is 20.9 Å². The molecule has 3 aliphatic heterocycles. The zero-order chi connectivity index (χ0) is 19.8. The highest BCUT2D eigenvalue weighted by atomic mass is 16.3. The number of aliphatic hydroxyl groups is 1. The minimum absolute atomic E-state index is 0.0354. The molecule has 0 aliphatic carbocycles. The molecule has 1 unspecified atom stereocenters. The number of hydrogen-bond donors (Lipinski definition) is 4. The van der Waals surface area contributed by atoms with Crippen LogP contribution in [0.1, 0.15) is 45.5 Å². The lowest BCUT2D eigenvalue weighted by Crippen LogP contribution is -2.54. The predicted molar refractivity (Wildman–Crippen MR) is 97.2 cm³/mol. The lowest BCUT2D eigenvalue weighted by atomic mass is 10.0. The number of nitrogens with one attached hydrogen (secondary N) is 3. The molecule has 3 aliphatic rings. The van der Waals surface area contributed by atoms with Crippen molar-refractivity contribution >= 4 is 23.6 Å². The zero-order valence-electron chi connectivity index (χ0n) is 15.2. The van der Waals surface area contributed by atoms with Gasteiger partial charge in [0.1, 0.15) is 6.04 Å². The lowest BCUT2D eigenvalue weighted by Gasteiger charge is -2.29. The van der Waals surface area contributed by atoms with Gasteiger partial charge in [-0.25, -0.2) is 0 Å². The number of piperidine rings is 2. The summed E-state index contributed by atoms with van der Waals surface area (Å²) >= 11 is 0. The third kappa shape index (κ3) is 3.32. The molecule has 2 saturated heterocycles. The van der Waals surface area contributed by atoms with Gasteiger partial charge in [-0.05, 0) is 37.1 Å².